The molecule has 0 fully saturated rings. The summed E-state index contributed by atoms with van der Waals surface area (Å²) in [6.07, 6.45) is 0. The van der Waals surface area contributed by atoms with Crippen molar-refractivity contribution >= 4 is 49.6 Å². The third kappa shape index (κ3) is 5.13. The maximum absolute atomic E-state index is 13.5. The second-order valence-electron chi connectivity index (χ2n) is 9.37. The van der Waals surface area contributed by atoms with Crippen LogP contribution in [0.3, 0.4) is 0 Å². The van der Waals surface area contributed by atoms with E-state index in [2.05, 4.69) is 34.6 Å². The quantitative estimate of drug-likeness (QED) is 0.200. The van der Waals surface area contributed by atoms with Gasteiger partial charge in [-0.25, -0.2) is 9.97 Å². The van der Waals surface area contributed by atoms with Crippen molar-refractivity contribution in [1.29, 1.82) is 0 Å². The molecule has 9 heteroatoms. The van der Waals surface area contributed by atoms with Crippen LogP contribution < -0.4 is 20.5 Å². The SMILES string of the molecule is COc1ccc(-c2cc(-c3ccc(C)cc3)c3c(N)c(C(=O)Nc4nc(-c5ccccc5OC)cs4)sc3n2)cc1. The molecular formula is C32H26N4O3S2. The molecule has 6 aromatic rings. The normalized spacial score (nSPS) is 11.0. The van der Waals surface area contributed by atoms with Crippen LogP contribution in [-0.4, -0.2) is 30.1 Å². The number of fused-ring (bicyclic) bond motifs is 1. The third-order valence-corrected chi connectivity index (χ3v) is 8.62. The van der Waals surface area contributed by atoms with Crippen molar-refractivity contribution in [2.24, 2.45) is 0 Å². The number of nitrogen functional groups attached to an aromatic ring is 1. The van der Waals surface area contributed by atoms with Crippen molar-refractivity contribution in [2.45, 2.75) is 6.92 Å². The number of ether oxygens (including phenoxy) is 2. The number of amides is 1. The van der Waals surface area contributed by atoms with Gasteiger partial charge in [0.25, 0.3) is 5.91 Å². The molecule has 0 aliphatic heterocycles. The first-order chi connectivity index (χ1) is 19.9. The minimum absolute atomic E-state index is 0.327. The Labute approximate surface area is 245 Å². The topological polar surface area (TPSA) is 99.4 Å². The Kier molecular flexibility index (Phi) is 7.13. The van der Waals surface area contributed by atoms with Crippen LogP contribution in [0, 0.1) is 6.92 Å². The van der Waals surface area contributed by atoms with E-state index in [9.17, 15) is 4.79 Å². The van der Waals surface area contributed by atoms with E-state index in [1.54, 1.807) is 14.2 Å². The summed E-state index contributed by atoms with van der Waals surface area (Å²) in [5.74, 6) is 1.16. The van der Waals surface area contributed by atoms with Gasteiger partial charge in [-0.3, -0.25) is 10.1 Å². The molecule has 41 heavy (non-hydrogen) atoms. The number of thiophene rings is 1. The summed E-state index contributed by atoms with van der Waals surface area (Å²) in [5, 5.41) is 6.05. The number of aromatic nitrogens is 2. The number of para-hydroxylation sites is 1. The van der Waals surface area contributed by atoms with Gasteiger partial charge in [-0.2, -0.15) is 0 Å². The standard InChI is InChI=1S/C32H26N4O3S2/c1-18-8-10-19(11-9-18)23-16-24(20-12-14-21(38-2)15-13-20)34-31-27(23)28(33)29(41-31)30(37)36-32-35-25(17-40-32)22-6-4-5-7-26(22)39-3/h4-17H,33H2,1-3H3,(H,35,36,37). The molecule has 1 amide bonds. The lowest BCUT2D eigenvalue weighted by Gasteiger charge is -2.10. The number of hydrogen-bond acceptors (Lipinski definition) is 8. The fourth-order valence-electron chi connectivity index (χ4n) is 4.63. The van der Waals surface area contributed by atoms with Gasteiger partial charge in [0.15, 0.2) is 5.13 Å². The summed E-state index contributed by atoms with van der Waals surface area (Å²) in [5.41, 5.74) is 13.4. The van der Waals surface area contributed by atoms with E-state index >= 15 is 0 Å². The summed E-state index contributed by atoms with van der Waals surface area (Å²) < 4.78 is 10.8. The maximum atomic E-state index is 13.5. The van der Waals surface area contributed by atoms with Crippen molar-refractivity contribution in [3.05, 3.63) is 94.7 Å². The number of carbonyl (C=O) groups is 1. The Morgan fingerprint density at radius 1 is 0.854 bits per heavy atom. The van der Waals surface area contributed by atoms with E-state index < -0.39 is 0 Å². The fraction of sp³-hybridized carbons (Fsp3) is 0.0938. The Hall–Kier alpha value is -4.73. The molecule has 3 aromatic heterocycles. The molecule has 0 atom stereocenters. The van der Waals surface area contributed by atoms with Crippen LogP contribution in [0.5, 0.6) is 11.5 Å². The zero-order chi connectivity index (χ0) is 28.5. The average molecular weight is 579 g/mol. The average Bonchev–Trinajstić information content (AvgIpc) is 3.61. The van der Waals surface area contributed by atoms with Gasteiger partial charge in [-0.05, 0) is 60.5 Å². The van der Waals surface area contributed by atoms with Crippen LogP contribution in [0.2, 0.25) is 0 Å². The number of nitrogens with two attached hydrogens (primary N) is 1. The smallest absolute Gasteiger partial charge is 0.269 e. The molecule has 0 saturated carbocycles. The van der Waals surface area contributed by atoms with Gasteiger partial charge in [0.05, 0.1) is 31.3 Å². The minimum Gasteiger partial charge on any atom is -0.497 e. The molecule has 0 bridgehead atoms. The number of hydrogen-bond donors (Lipinski definition) is 2. The lowest BCUT2D eigenvalue weighted by molar-refractivity contribution is 0.103. The van der Waals surface area contributed by atoms with Gasteiger partial charge in [-0.15, -0.1) is 22.7 Å². The van der Waals surface area contributed by atoms with Gasteiger partial charge < -0.3 is 15.2 Å². The van der Waals surface area contributed by atoms with E-state index in [0.717, 1.165) is 50.3 Å². The number of nitrogens with zero attached hydrogens (tertiary/aromatic N) is 2. The third-order valence-electron chi connectivity index (χ3n) is 6.76. The van der Waals surface area contributed by atoms with E-state index in [-0.39, 0.29) is 5.91 Å². The van der Waals surface area contributed by atoms with Crippen LogP contribution in [-0.2, 0) is 0 Å². The summed E-state index contributed by atoms with van der Waals surface area (Å²) in [7, 11) is 3.26. The Bertz CT molecular complexity index is 1880. The number of nitrogens with one attached hydrogen (secondary N) is 1. The zero-order valence-corrected chi connectivity index (χ0v) is 24.2. The van der Waals surface area contributed by atoms with Gasteiger partial charge in [0, 0.05) is 21.9 Å². The van der Waals surface area contributed by atoms with Crippen molar-refractivity contribution in [2.75, 3.05) is 25.3 Å². The molecular weight excluding hydrogens is 553 g/mol. The van der Waals surface area contributed by atoms with Gasteiger partial charge in [-0.1, -0.05) is 42.0 Å². The Morgan fingerprint density at radius 2 is 1.59 bits per heavy atom. The molecule has 0 saturated heterocycles. The second-order valence-corrected chi connectivity index (χ2v) is 11.2. The number of benzene rings is 3. The molecule has 7 nitrogen and oxygen atoms in total. The predicted molar refractivity (Wildman–Crippen MR) is 168 cm³/mol. The first-order valence-electron chi connectivity index (χ1n) is 12.8. The number of methoxy groups -OCH3 is 2. The van der Waals surface area contributed by atoms with Crippen molar-refractivity contribution in [3.63, 3.8) is 0 Å². The largest absolute Gasteiger partial charge is 0.497 e. The maximum Gasteiger partial charge on any atom is 0.269 e. The monoisotopic (exact) mass is 578 g/mol. The highest BCUT2D eigenvalue weighted by atomic mass is 32.1. The van der Waals surface area contributed by atoms with Crippen LogP contribution in [0.4, 0.5) is 10.8 Å². The van der Waals surface area contributed by atoms with Crippen molar-refractivity contribution in [3.8, 4) is 45.1 Å². The summed E-state index contributed by atoms with van der Waals surface area (Å²) in [4.78, 5) is 24.1. The van der Waals surface area contributed by atoms with Crippen molar-refractivity contribution < 1.29 is 14.3 Å². The van der Waals surface area contributed by atoms with E-state index in [1.807, 2.05) is 66.9 Å². The summed E-state index contributed by atoms with van der Waals surface area (Å²) in [6.45, 7) is 2.05. The summed E-state index contributed by atoms with van der Waals surface area (Å²) in [6, 6.07) is 25.7. The minimum atomic E-state index is -0.327. The number of pyridine rings is 1. The molecule has 0 unspecified atom stereocenters. The lowest BCUT2D eigenvalue weighted by atomic mass is 9.98. The molecule has 0 radical (unpaired) electrons. The highest BCUT2D eigenvalue weighted by Crippen LogP contribution is 2.42. The molecule has 0 aliphatic carbocycles. The van der Waals surface area contributed by atoms with Gasteiger partial charge in [0.1, 0.15) is 21.2 Å². The van der Waals surface area contributed by atoms with E-state index in [4.69, 9.17) is 20.2 Å². The predicted octanol–water partition coefficient (Wildman–Crippen LogP) is 7.91. The van der Waals surface area contributed by atoms with Crippen LogP contribution in [0.1, 0.15) is 15.2 Å². The number of anilines is 2. The number of rotatable bonds is 7. The number of aryl methyl sites for hydroxylation is 1. The molecule has 3 heterocycles. The van der Waals surface area contributed by atoms with Gasteiger partial charge >= 0.3 is 0 Å². The molecule has 3 aromatic carbocycles. The van der Waals surface area contributed by atoms with Crippen LogP contribution >= 0.6 is 22.7 Å². The first-order valence-corrected chi connectivity index (χ1v) is 14.5. The van der Waals surface area contributed by atoms with Gasteiger partial charge in [0.2, 0.25) is 0 Å². The summed E-state index contributed by atoms with van der Waals surface area (Å²) >= 11 is 2.62. The number of carbonyl (C=O) groups excluding carboxylic acids is 1. The highest BCUT2D eigenvalue weighted by Gasteiger charge is 2.23. The Balaban J connectivity index is 1.40. The fourth-order valence-corrected chi connectivity index (χ4v) is 6.35. The van der Waals surface area contributed by atoms with E-state index in [1.165, 1.54) is 22.7 Å². The molecule has 0 spiro atoms. The molecule has 6 rings (SSSR count). The molecule has 204 valence electrons. The molecule has 3 N–H and O–H groups in total. The second kappa shape index (κ2) is 11.0. The number of thiazole rings is 1. The van der Waals surface area contributed by atoms with E-state index in [0.29, 0.717) is 26.3 Å². The van der Waals surface area contributed by atoms with Crippen LogP contribution in [0.15, 0.2) is 84.2 Å². The first kappa shape index (κ1) is 26.5. The zero-order valence-electron chi connectivity index (χ0n) is 22.6. The molecule has 0 aliphatic rings. The highest BCUT2D eigenvalue weighted by molar-refractivity contribution is 7.21. The Morgan fingerprint density at radius 3 is 2.32 bits per heavy atom. The lowest BCUT2D eigenvalue weighted by Crippen LogP contribution is -2.11. The van der Waals surface area contributed by atoms with Crippen molar-refractivity contribution in [1.82, 2.24) is 9.97 Å². The van der Waals surface area contributed by atoms with Crippen LogP contribution in [0.25, 0.3) is 43.9 Å².